The Kier molecular flexibility index (Phi) is 4.68. The van der Waals surface area contributed by atoms with E-state index >= 15 is 0 Å². The van der Waals surface area contributed by atoms with Gasteiger partial charge in [0.2, 0.25) is 0 Å². The monoisotopic (exact) mass is 207 g/mol. The van der Waals surface area contributed by atoms with E-state index in [0.29, 0.717) is 19.1 Å². The Labute approximate surface area is 90.4 Å². The molecule has 0 radical (unpaired) electrons. The number of benzene rings is 1. The molecule has 0 heterocycles. The molecular formula is C12H17NO2. The lowest BCUT2D eigenvalue weighted by molar-refractivity contribution is 0.132. The number of carbonyl (C=O) groups is 1. The molecular weight excluding hydrogens is 190 g/mol. The molecule has 1 amide bonds. The van der Waals surface area contributed by atoms with Crippen LogP contribution in [-0.4, -0.2) is 12.7 Å². The minimum Gasteiger partial charge on any atom is -0.449 e. The Morgan fingerprint density at radius 2 is 2.00 bits per heavy atom. The molecule has 0 atom stereocenters. The number of carbonyl (C=O) groups excluding carboxylic acids is 1. The second-order valence-corrected chi connectivity index (χ2v) is 3.83. The van der Waals surface area contributed by atoms with Gasteiger partial charge in [0.15, 0.2) is 0 Å². The normalized spacial score (nSPS) is 10.1. The van der Waals surface area contributed by atoms with Gasteiger partial charge in [-0.3, -0.25) is 0 Å². The zero-order valence-electron chi connectivity index (χ0n) is 9.19. The van der Waals surface area contributed by atoms with Crippen LogP contribution < -0.4 is 5.32 Å². The Hall–Kier alpha value is -1.51. The lowest BCUT2D eigenvalue weighted by Gasteiger charge is -2.08. The molecule has 15 heavy (non-hydrogen) atoms. The quantitative estimate of drug-likeness (QED) is 0.824. The van der Waals surface area contributed by atoms with Gasteiger partial charge in [-0.05, 0) is 11.5 Å². The predicted octanol–water partition coefficient (Wildman–Crippen LogP) is 2.57. The Morgan fingerprint density at radius 1 is 1.33 bits per heavy atom. The van der Waals surface area contributed by atoms with Crippen molar-refractivity contribution >= 4 is 6.09 Å². The molecule has 1 aromatic rings. The third-order valence-electron chi connectivity index (χ3n) is 1.83. The fourth-order valence-corrected chi connectivity index (χ4v) is 1.06. The van der Waals surface area contributed by atoms with E-state index in [1.165, 1.54) is 0 Å². The predicted molar refractivity (Wildman–Crippen MR) is 59.5 cm³/mol. The minimum absolute atomic E-state index is 0.354. The number of hydrogen-bond donors (Lipinski definition) is 1. The zero-order chi connectivity index (χ0) is 11.1. The van der Waals surface area contributed by atoms with E-state index < -0.39 is 0 Å². The summed E-state index contributed by atoms with van der Waals surface area (Å²) in [6.45, 7) is 4.98. The maximum absolute atomic E-state index is 11.2. The van der Waals surface area contributed by atoms with Crippen molar-refractivity contribution in [2.24, 2.45) is 5.92 Å². The highest BCUT2D eigenvalue weighted by atomic mass is 16.5. The summed E-state index contributed by atoms with van der Waals surface area (Å²) in [4.78, 5) is 11.2. The Bertz CT molecular complexity index is 296. The Morgan fingerprint density at radius 3 is 2.60 bits per heavy atom. The molecule has 1 aromatic carbocycles. The van der Waals surface area contributed by atoms with E-state index in [0.717, 1.165) is 5.56 Å². The number of rotatable bonds is 4. The third kappa shape index (κ3) is 5.05. The fraction of sp³-hybridized carbons (Fsp3) is 0.417. The van der Waals surface area contributed by atoms with Crippen LogP contribution >= 0.6 is 0 Å². The van der Waals surface area contributed by atoms with Gasteiger partial charge in [-0.2, -0.15) is 0 Å². The molecule has 1 rings (SSSR count). The van der Waals surface area contributed by atoms with Crippen LogP contribution in [0.2, 0.25) is 0 Å². The summed E-state index contributed by atoms with van der Waals surface area (Å²) in [5.74, 6) is 0.368. The summed E-state index contributed by atoms with van der Waals surface area (Å²) in [5, 5.41) is 2.69. The van der Waals surface area contributed by atoms with Gasteiger partial charge in [-0.1, -0.05) is 44.2 Å². The molecule has 0 aliphatic carbocycles. The van der Waals surface area contributed by atoms with Gasteiger partial charge in [0, 0.05) is 6.54 Å². The maximum atomic E-state index is 11.2. The molecule has 0 aromatic heterocycles. The fourth-order valence-electron chi connectivity index (χ4n) is 1.06. The lowest BCUT2D eigenvalue weighted by atomic mass is 10.2. The van der Waals surface area contributed by atoms with Crippen LogP contribution in [0, 0.1) is 5.92 Å². The van der Waals surface area contributed by atoms with E-state index in [1.807, 2.05) is 44.2 Å². The summed E-state index contributed by atoms with van der Waals surface area (Å²) in [6, 6.07) is 9.75. The van der Waals surface area contributed by atoms with Gasteiger partial charge >= 0.3 is 6.09 Å². The van der Waals surface area contributed by atoms with Crippen molar-refractivity contribution in [3.8, 4) is 0 Å². The van der Waals surface area contributed by atoms with Crippen LogP contribution in [0.5, 0.6) is 0 Å². The highest BCUT2D eigenvalue weighted by molar-refractivity contribution is 5.67. The van der Waals surface area contributed by atoms with Crippen LogP contribution in [0.25, 0.3) is 0 Å². The van der Waals surface area contributed by atoms with Crippen molar-refractivity contribution < 1.29 is 9.53 Å². The van der Waals surface area contributed by atoms with Crippen LogP contribution in [0.15, 0.2) is 30.3 Å². The van der Waals surface area contributed by atoms with Crippen LogP contribution in [0.3, 0.4) is 0 Å². The van der Waals surface area contributed by atoms with Gasteiger partial charge in [-0.15, -0.1) is 0 Å². The molecule has 0 spiro atoms. The summed E-state index contributed by atoms with van der Waals surface area (Å²) in [6.07, 6.45) is -0.354. The second-order valence-electron chi connectivity index (χ2n) is 3.83. The van der Waals surface area contributed by atoms with Gasteiger partial charge in [-0.25, -0.2) is 4.79 Å². The van der Waals surface area contributed by atoms with Gasteiger partial charge < -0.3 is 10.1 Å². The second kappa shape index (κ2) is 6.06. The molecule has 0 fully saturated rings. The topological polar surface area (TPSA) is 38.3 Å². The summed E-state index contributed by atoms with van der Waals surface area (Å²) < 4.78 is 4.98. The van der Waals surface area contributed by atoms with Crippen molar-refractivity contribution in [2.45, 2.75) is 20.4 Å². The zero-order valence-corrected chi connectivity index (χ0v) is 9.19. The number of alkyl carbamates (subject to hydrolysis) is 1. The first kappa shape index (κ1) is 11.6. The number of hydrogen-bond acceptors (Lipinski definition) is 2. The first-order chi connectivity index (χ1) is 7.18. The first-order valence-electron chi connectivity index (χ1n) is 5.13. The largest absolute Gasteiger partial charge is 0.449 e. The Balaban J connectivity index is 2.23. The molecule has 1 N–H and O–H groups in total. The lowest BCUT2D eigenvalue weighted by Crippen LogP contribution is -2.25. The molecule has 0 saturated heterocycles. The SMILES string of the molecule is CC(C)COC(=O)NCc1ccccc1. The van der Waals surface area contributed by atoms with Crippen LogP contribution in [0.1, 0.15) is 19.4 Å². The van der Waals surface area contributed by atoms with Gasteiger partial charge in [0.1, 0.15) is 0 Å². The molecule has 0 saturated carbocycles. The van der Waals surface area contributed by atoms with Crippen molar-refractivity contribution in [3.63, 3.8) is 0 Å². The standard InChI is InChI=1S/C12H17NO2/c1-10(2)9-15-12(14)13-8-11-6-4-3-5-7-11/h3-7,10H,8-9H2,1-2H3,(H,13,14). The molecule has 0 aliphatic rings. The van der Waals surface area contributed by atoms with Crippen molar-refractivity contribution in [3.05, 3.63) is 35.9 Å². The van der Waals surface area contributed by atoms with E-state index in [-0.39, 0.29) is 6.09 Å². The third-order valence-corrected chi connectivity index (χ3v) is 1.83. The van der Waals surface area contributed by atoms with Crippen molar-refractivity contribution in [1.29, 1.82) is 0 Å². The number of amides is 1. The summed E-state index contributed by atoms with van der Waals surface area (Å²) >= 11 is 0. The minimum atomic E-state index is -0.354. The number of ether oxygens (including phenoxy) is 1. The summed E-state index contributed by atoms with van der Waals surface area (Å²) in [7, 11) is 0. The molecule has 82 valence electrons. The average molecular weight is 207 g/mol. The van der Waals surface area contributed by atoms with E-state index in [1.54, 1.807) is 0 Å². The van der Waals surface area contributed by atoms with Crippen LogP contribution in [-0.2, 0) is 11.3 Å². The van der Waals surface area contributed by atoms with Crippen molar-refractivity contribution in [2.75, 3.05) is 6.61 Å². The van der Waals surface area contributed by atoms with E-state index in [9.17, 15) is 4.79 Å². The molecule has 3 nitrogen and oxygen atoms in total. The molecule has 0 unspecified atom stereocenters. The van der Waals surface area contributed by atoms with Crippen LogP contribution in [0.4, 0.5) is 4.79 Å². The van der Waals surface area contributed by atoms with E-state index in [2.05, 4.69) is 5.32 Å². The molecule has 0 bridgehead atoms. The maximum Gasteiger partial charge on any atom is 0.407 e. The van der Waals surface area contributed by atoms with E-state index in [4.69, 9.17) is 4.74 Å². The molecule has 3 heteroatoms. The highest BCUT2D eigenvalue weighted by Gasteiger charge is 2.02. The smallest absolute Gasteiger partial charge is 0.407 e. The first-order valence-corrected chi connectivity index (χ1v) is 5.13. The molecule has 0 aliphatic heterocycles. The summed E-state index contributed by atoms with van der Waals surface area (Å²) in [5.41, 5.74) is 1.07. The van der Waals surface area contributed by atoms with Gasteiger partial charge in [0.05, 0.1) is 6.61 Å². The van der Waals surface area contributed by atoms with Crippen molar-refractivity contribution in [1.82, 2.24) is 5.32 Å². The highest BCUT2D eigenvalue weighted by Crippen LogP contribution is 1.98. The average Bonchev–Trinajstić information content (AvgIpc) is 2.25. The number of nitrogens with one attached hydrogen (secondary N) is 1. The van der Waals surface area contributed by atoms with Gasteiger partial charge in [0.25, 0.3) is 0 Å².